The van der Waals surface area contributed by atoms with Gasteiger partial charge in [0.1, 0.15) is 10.7 Å². The molecule has 2 rings (SSSR count). The maximum atomic E-state index is 13.7. The molecule has 84 valence electrons. The number of rotatable bonds is 0. The van der Waals surface area contributed by atoms with Crippen molar-refractivity contribution in [1.82, 2.24) is 9.97 Å². The number of halogens is 6. The van der Waals surface area contributed by atoms with E-state index >= 15 is 0 Å². The SMILES string of the molecule is Fc1c(Br)c(F)c2nc(Cl)nc(Cl)c2c1Br. The Labute approximate surface area is 115 Å². The molecule has 1 aromatic heterocycles. The van der Waals surface area contributed by atoms with Crippen molar-refractivity contribution in [3.63, 3.8) is 0 Å². The lowest BCUT2D eigenvalue weighted by Crippen LogP contribution is -1.96. The summed E-state index contributed by atoms with van der Waals surface area (Å²) in [6.07, 6.45) is 0. The van der Waals surface area contributed by atoms with E-state index in [1.165, 1.54) is 0 Å². The zero-order valence-corrected chi connectivity index (χ0v) is 11.8. The summed E-state index contributed by atoms with van der Waals surface area (Å²) >= 11 is 17.0. The lowest BCUT2D eigenvalue weighted by atomic mass is 10.2. The quantitative estimate of drug-likeness (QED) is 0.280. The molecule has 0 saturated heterocycles. The average Bonchev–Trinajstić information content (AvgIpc) is 2.22. The van der Waals surface area contributed by atoms with Crippen LogP contribution in [-0.4, -0.2) is 9.97 Å². The van der Waals surface area contributed by atoms with Gasteiger partial charge in [0.05, 0.1) is 14.3 Å². The van der Waals surface area contributed by atoms with Crippen LogP contribution in [0.3, 0.4) is 0 Å². The van der Waals surface area contributed by atoms with Gasteiger partial charge in [-0.3, -0.25) is 0 Å². The fourth-order valence-electron chi connectivity index (χ4n) is 1.17. The number of aromatic nitrogens is 2. The molecular weight excluding hydrogens is 393 g/mol. The van der Waals surface area contributed by atoms with Crippen LogP contribution in [0.2, 0.25) is 10.4 Å². The smallest absolute Gasteiger partial charge is 0.215 e. The molecule has 0 amide bonds. The monoisotopic (exact) mass is 390 g/mol. The summed E-state index contributed by atoms with van der Waals surface area (Å²) < 4.78 is 26.9. The molecule has 0 radical (unpaired) electrons. The van der Waals surface area contributed by atoms with Gasteiger partial charge in [-0.25, -0.2) is 18.7 Å². The van der Waals surface area contributed by atoms with E-state index in [9.17, 15) is 8.78 Å². The van der Waals surface area contributed by atoms with Crippen molar-refractivity contribution in [2.45, 2.75) is 0 Å². The van der Waals surface area contributed by atoms with Gasteiger partial charge in [0.25, 0.3) is 0 Å². The van der Waals surface area contributed by atoms with Crippen LogP contribution in [0.5, 0.6) is 0 Å². The Hall–Kier alpha value is -0.0400. The Kier molecular flexibility index (Phi) is 3.36. The number of nitrogens with zero attached hydrogens (tertiary/aromatic N) is 2. The Morgan fingerprint density at radius 3 is 2.19 bits per heavy atom. The Bertz CT molecular complexity index is 607. The third-order valence-electron chi connectivity index (χ3n) is 1.84. The molecule has 0 unspecified atom stereocenters. The molecule has 0 saturated carbocycles. The molecule has 0 aliphatic heterocycles. The summed E-state index contributed by atoms with van der Waals surface area (Å²) in [5.41, 5.74) is -0.148. The molecule has 8 heteroatoms. The Balaban J connectivity index is 3.08. The normalized spacial score (nSPS) is 11.1. The van der Waals surface area contributed by atoms with Crippen molar-refractivity contribution < 1.29 is 8.78 Å². The first-order valence-electron chi connectivity index (χ1n) is 3.78. The Morgan fingerprint density at radius 1 is 0.938 bits per heavy atom. The molecular formula is C8Br2Cl2F2N2. The fourth-order valence-corrected chi connectivity index (χ4v) is 2.98. The highest BCUT2D eigenvalue weighted by Gasteiger charge is 2.21. The van der Waals surface area contributed by atoms with E-state index in [1.807, 2.05) is 0 Å². The molecule has 0 aliphatic carbocycles. The van der Waals surface area contributed by atoms with Gasteiger partial charge in [0.2, 0.25) is 5.28 Å². The van der Waals surface area contributed by atoms with E-state index in [1.54, 1.807) is 0 Å². The molecule has 0 bridgehead atoms. The maximum absolute atomic E-state index is 13.7. The van der Waals surface area contributed by atoms with Crippen molar-refractivity contribution in [3.05, 3.63) is 31.0 Å². The van der Waals surface area contributed by atoms with Gasteiger partial charge in [0.15, 0.2) is 11.6 Å². The first kappa shape index (κ1) is 12.4. The third kappa shape index (κ3) is 1.81. The third-order valence-corrected chi connectivity index (χ3v) is 3.73. The highest BCUT2D eigenvalue weighted by Crippen LogP contribution is 2.37. The topological polar surface area (TPSA) is 25.8 Å². The number of hydrogen-bond acceptors (Lipinski definition) is 2. The molecule has 16 heavy (non-hydrogen) atoms. The zero-order valence-electron chi connectivity index (χ0n) is 7.16. The van der Waals surface area contributed by atoms with Crippen molar-refractivity contribution in [2.24, 2.45) is 0 Å². The van der Waals surface area contributed by atoms with Gasteiger partial charge >= 0.3 is 0 Å². The lowest BCUT2D eigenvalue weighted by Gasteiger charge is -2.07. The summed E-state index contributed by atoms with van der Waals surface area (Å²) in [5.74, 6) is -1.68. The predicted molar refractivity (Wildman–Crippen MR) is 64.9 cm³/mol. The van der Waals surface area contributed by atoms with Crippen molar-refractivity contribution in [2.75, 3.05) is 0 Å². The first-order valence-corrected chi connectivity index (χ1v) is 6.12. The molecule has 0 N–H and O–H groups in total. The fraction of sp³-hybridized carbons (Fsp3) is 0. The molecule has 2 nitrogen and oxygen atoms in total. The van der Waals surface area contributed by atoms with Gasteiger partial charge in [0, 0.05) is 0 Å². The van der Waals surface area contributed by atoms with Gasteiger partial charge < -0.3 is 0 Å². The van der Waals surface area contributed by atoms with Gasteiger partial charge in [-0.05, 0) is 43.5 Å². The van der Waals surface area contributed by atoms with Crippen LogP contribution < -0.4 is 0 Å². The average molecular weight is 393 g/mol. The minimum atomic E-state index is -0.873. The van der Waals surface area contributed by atoms with E-state index < -0.39 is 11.6 Å². The molecule has 1 aromatic carbocycles. The van der Waals surface area contributed by atoms with Crippen LogP contribution >= 0.6 is 55.1 Å². The minimum absolute atomic E-state index is 0.0163. The number of benzene rings is 1. The standard InChI is InChI=1S/C8Br2Cl2F2N2/c9-2-1-6(5(14)3(10)4(2)13)15-8(12)16-7(1)11. The van der Waals surface area contributed by atoms with Crippen molar-refractivity contribution in [1.29, 1.82) is 0 Å². The van der Waals surface area contributed by atoms with E-state index in [2.05, 4.69) is 41.8 Å². The summed E-state index contributed by atoms with van der Waals surface area (Å²) in [6.45, 7) is 0. The molecule has 0 atom stereocenters. The van der Waals surface area contributed by atoms with E-state index in [-0.39, 0.29) is 30.3 Å². The minimum Gasteiger partial charge on any atom is -0.215 e. The molecule has 1 heterocycles. The van der Waals surface area contributed by atoms with Crippen LogP contribution in [0.4, 0.5) is 8.78 Å². The van der Waals surface area contributed by atoms with Crippen LogP contribution in [-0.2, 0) is 0 Å². The molecule has 2 aromatic rings. The summed E-state index contributed by atoms with van der Waals surface area (Å²) in [6, 6.07) is 0. The summed E-state index contributed by atoms with van der Waals surface area (Å²) in [7, 11) is 0. The zero-order chi connectivity index (χ0) is 12.0. The van der Waals surface area contributed by atoms with Crippen LogP contribution in [0.25, 0.3) is 10.9 Å². The second-order valence-electron chi connectivity index (χ2n) is 2.76. The highest BCUT2D eigenvalue weighted by atomic mass is 79.9. The Morgan fingerprint density at radius 2 is 1.56 bits per heavy atom. The summed E-state index contributed by atoms with van der Waals surface area (Å²) in [5, 5.41) is -0.279. The largest absolute Gasteiger partial charge is 0.224 e. The van der Waals surface area contributed by atoms with E-state index in [0.717, 1.165) is 0 Å². The number of fused-ring (bicyclic) bond motifs is 1. The number of hydrogen-bond donors (Lipinski definition) is 0. The van der Waals surface area contributed by atoms with Crippen LogP contribution in [0, 0.1) is 11.6 Å². The molecule has 0 aliphatic rings. The van der Waals surface area contributed by atoms with Gasteiger partial charge in [-0.1, -0.05) is 11.6 Å². The molecule has 0 fully saturated rings. The second kappa shape index (κ2) is 4.33. The van der Waals surface area contributed by atoms with Crippen LogP contribution in [0.15, 0.2) is 8.95 Å². The lowest BCUT2D eigenvalue weighted by molar-refractivity contribution is 0.574. The maximum Gasteiger partial charge on any atom is 0.224 e. The molecule has 0 spiro atoms. The van der Waals surface area contributed by atoms with E-state index in [0.29, 0.717) is 0 Å². The second-order valence-corrected chi connectivity index (χ2v) is 5.05. The predicted octanol–water partition coefficient (Wildman–Crippen LogP) is 4.74. The van der Waals surface area contributed by atoms with Gasteiger partial charge in [-0.15, -0.1) is 0 Å². The van der Waals surface area contributed by atoms with Crippen molar-refractivity contribution in [3.8, 4) is 0 Å². The van der Waals surface area contributed by atoms with E-state index in [4.69, 9.17) is 23.2 Å². The summed E-state index contributed by atoms with van der Waals surface area (Å²) in [4.78, 5) is 7.28. The van der Waals surface area contributed by atoms with Crippen LogP contribution in [0.1, 0.15) is 0 Å². The van der Waals surface area contributed by atoms with Gasteiger partial charge in [-0.2, -0.15) is 0 Å². The van der Waals surface area contributed by atoms with Crippen molar-refractivity contribution >= 4 is 66.0 Å². The first-order chi connectivity index (χ1) is 7.43. The highest BCUT2D eigenvalue weighted by molar-refractivity contribution is 9.11.